The summed E-state index contributed by atoms with van der Waals surface area (Å²) in [5.41, 5.74) is 0.943. The first kappa shape index (κ1) is 11.4. The smallest absolute Gasteiger partial charge is 0.246 e. The molecule has 3 nitrogen and oxygen atoms in total. The first-order chi connectivity index (χ1) is 7.27. The molecule has 0 N–H and O–H groups in total. The van der Waals surface area contributed by atoms with Crippen LogP contribution in [0.25, 0.3) is 6.08 Å². The Hall–Kier alpha value is -1.64. The molecule has 0 aliphatic carbocycles. The fourth-order valence-electron chi connectivity index (χ4n) is 1.28. The molecular formula is C12H16N2O. The zero-order valence-corrected chi connectivity index (χ0v) is 9.18. The lowest BCUT2D eigenvalue weighted by molar-refractivity contribution is -0.125. The molecule has 0 saturated carbocycles. The number of aromatic nitrogens is 1. The lowest BCUT2D eigenvalue weighted by Gasteiger charge is -2.15. The van der Waals surface area contributed by atoms with Gasteiger partial charge in [0.2, 0.25) is 5.91 Å². The van der Waals surface area contributed by atoms with Crippen molar-refractivity contribution in [1.82, 2.24) is 9.88 Å². The van der Waals surface area contributed by atoms with Crippen molar-refractivity contribution in [3.63, 3.8) is 0 Å². The van der Waals surface area contributed by atoms with Crippen LogP contribution >= 0.6 is 0 Å². The minimum absolute atomic E-state index is 0.0452. The Balaban J connectivity index is 2.62. The highest BCUT2D eigenvalue weighted by Crippen LogP contribution is 2.00. The molecule has 0 aromatic carbocycles. The van der Waals surface area contributed by atoms with Gasteiger partial charge in [0.15, 0.2) is 0 Å². The average molecular weight is 204 g/mol. The van der Waals surface area contributed by atoms with Crippen LogP contribution in [0, 0.1) is 0 Å². The summed E-state index contributed by atoms with van der Waals surface area (Å²) in [4.78, 5) is 17.3. The maximum atomic E-state index is 11.6. The van der Waals surface area contributed by atoms with Crippen LogP contribution in [-0.4, -0.2) is 28.9 Å². The summed E-state index contributed by atoms with van der Waals surface area (Å²) in [6.45, 7) is 5.43. The van der Waals surface area contributed by atoms with E-state index < -0.39 is 0 Å². The zero-order valence-electron chi connectivity index (χ0n) is 9.18. The second-order valence-corrected chi connectivity index (χ2v) is 3.13. The highest BCUT2D eigenvalue weighted by molar-refractivity contribution is 5.91. The Kier molecular flexibility index (Phi) is 4.54. The number of amides is 1. The molecule has 3 heteroatoms. The molecule has 1 aromatic rings. The summed E-state index contributed by atoms with van der Waals surface area (Å²) >= 11 is 0. The maximum absolute atomic E-state index is 11.6. The van der Waals surface area contributed by atoms with E-state index in [1.165, 1.54) is 0 Å². The molecule has 1 aromatic heterocycles. The van der Waals surface area contributed by atoms with E-state index >= 15 is 0 Å². The number of nitrogens with zero attached hydrogens (tertiary/aromatic N) is 2. The first-order valence-electron chi connectivity index (χ1n) is 5.15. The van der Waals surface area contributed by atoms with Crippen LogP contribution in [0.5, 0.6) is 0 Å². The highest BCUT2D eigenvalue weighted by atomic mass is 16.2. The second-order valence-electron chi connectivity index (χ2n) is 3.13. The molecule has 15 heavy (non-hydrogen) atoms. The third-order valence-corrected chi connectivity index (χ3v) is 2.18. The summed E-state index contributed by atoms with van der Waals surface area (Å²) < 4.78 is 0. The predicted octanol–water partition coefficient (Wildman–Crippen LogP) is 1.96. The number of likely N-dealkylation sites (N-methyl/N-ethyl adjacent to an activating group) is 1. The molecule has 0 bridgehead atoms. The van der Waals surface area contributed by atoms with Gasteiger partial charge in [0.05, 0.1) is 0 Å². The minimum atomic E-state index is 0.0452. The van der Waals surface area contributed by atoms with Crippen molar-refractivity contribution < 1.29 is 4.79 Å². The lowest BCUT2D eigenvalue weighted by Crippen LogP contribution is -2.28. The molecule has 1 heterocycles. The minimum Gasteiger partial charge on any atom is -0.340 e. The van der Waals surface area contributed by atoms with E-state index in [2.05, 4.69) is 4.98 Å². The number of pyridine rings is 1. The van der Waals surface area contributed by atoms with Gasteiger partial charge in [0.1, 0.15) is 0 Å². The Labute approximate surface area is 90.4 Å². The number of carbonyl (C=O) groups excluding carboxylic acids is 1. The number of hydrogen-bond acceptors (Lipinski definition) is 2. The van der Waals surface area contributed by atoms with E-state index in [4.69, 9.17) is 0 Å². The Morgan fingerprint density at radius 1 is 1.47 bits per heavy atom. The van der Waals surface area contributed by atoms with E-state index in [9.17, 15) is 4.79 Å². The molecule has 0 spiro atoms. The topological polar surface area (TPSA) is 33.2 Å². The fraction of sp³-hybridized carbons (Fsp3) is 0.333. The molecule has 80 valence electrons. The average Bonchev–Trinajstić information content (AvgIpc) is 2.29. The Morgan fingerprint density at radius 2 is 2.20 bits per heavy atom. The van der Waals surface area contributed by atoms with Crippen LogP contribution in [0.1, 0.15) is 19.4 Å². The molecule has 0 radical (unpaired) electrons. The van der Waals surface area contributed by atoms with E-state index in [1.54, 1.807) is 29.4 Å². The highest BCUT2D eigenvalue weighted by Gasteiger charge is 2.03. The molecule has 0 atom stereocenters. The number of rotatable bonds is 4. The van der Waals surface area contributed by atoms with Gasteiger partial charge in [-0.2, -0.15) is 0 Å². The second kappa shape index (κ2) is 5.96. The van der Waals surface area contributed by atoms with Crippen molar-refractivity contribution >= 4 is 12.0 Å². The summed E-state index contributed by atoms with van der Waals surface area (Å²) in [6, 6.07) is 3.76. The van der Waals surface area contributed by atoms with E-state index in [-0.39, 0.29) is 5.91 Å². The van der Waals surface area contributed by atoms with Crippen LogP contribution in [0.2, 0.25) is 0 Å². The standard InChI is InChI=1S/C12H16N2O/c1-3-14(4-2)12(15)8-7-11-6-5-9-13-10-11/h5-10H,3-4H2,1-2H3. The molecule has 1 rings (SSSR count). The van der Waals surface area contributed by atoms with Gasteiger partial charge in [-0.1, -0.05) is 6.07 Å². The summed E-state index contributed by atoms with van der Waals surface area (Å²) in [5, 5.41) is 0. The number of hydrogen-bond donors (Lipinski definition) is 0. The van der Waals surface area contributed by atoms with Crippen LogP contribution in [-0.2, 0) is 4.79 Å². The van der Waals surface area contributed by atoms with Gasteiger partial charge in [0.25, 0.3) is 0 Å². The van der Waals surface area contributed by atoms with E-state index in [0.29, 0.717) is 0 Å². The molecule has 1 amide bonds. The summed E-state index contributed by atoms with van der Waals surface area (Å²) in [6.07, 6.45) is 6.81. The van der Waals surface area contributed by atoms with Crippen molar-refractivity contribution in [3.8, 4) is 0 Å². The predicted molar refractivity (Wildman–Crippen MR) is 61.2 cm³/mol. The molecular weight excluding hydrogens is 188 g/mol. The van der Waals surface area contributed by atoms with Crippen LogP contribution in [0.15, 0.2) is 30.6 Å². The first-order valence-corrected chi connectivity index (χ1v) is 5.15. The lowest BCUT2D eigenvalue weighted by atomic mass is 10.2. The molecule has 0 unspecified atom stereocenters. The molecule has 0 fully saturated rings. The van der Waals surface area contributed by atoms with Gasteiger partial charge in [-0.3, -0.25) is 9.78 Å². The van der Waals surface area contributed by atoms with Gasteiger partial charge >= 0.3 is 0 Å². The van der Waals surface area contributed by atoms with Crippen LogP contribution < -0.4 is 0 Å². The van der Waals surface area contributed by atoms with Gasteiger partial charge in [-0.05, 0) is 31.6 Å². The monoisotopic (exact) mass is 204 g/mol. The third-order valence-electron chi connectivity index (χ3n) is 2.18. The van der Waals surface area contributed by atoms with Gasteiger partial charge in [0, 0.05) is 31.6 Å². The third kappa shape index (κ3) is 3.54. The van der Waals surface area contributed by atoms with Gasteiger partial charge in [-0.15, -0.1) is 0 Å². The van der Waals surface area contributed by atoms with E-state index in [0.717, 1.165) is 18.7 Å². The van der Waals surface area contributed by atoms with Crippen molar-refractivity contribution in [2.24, 2.45) is 0 Å². The van der Waals surface area contributed by atoms with Crippen molar-refractivity contribution in [2.75, 3.05) is 13.1 Å². The van der Waals surface area contributed by atoms with Crippen LogP contribution in [0.3, 0.4) is 0 Å². The van der Waals surface area contributed by atoms with Gasteiger partial charge in [-0.25, -0.2) is 0 Å². The SMILES string of the molecule is CCN(CC)C(=O)C=Cc1cccnc1. The summed E-state index contributed by atoms with van der Waals surface area (Å²) in [7, 11) is 0. The quantitative estimate of drug-likeness (QED) is 0.702. The number of carbonyl (C=O) groups is 1. The van der Waals surface area contributed by atoms with Crippen molar-refractivity contribution in [1.29, 1.82) is 0 Å². The normalized spacial score (nSPS) is 10.5. The zero-order chi connectivity index (χ0) is 11.1. The van der Waals surface area contributed by atoms with E-state index in [1.807, 2.05) is 26.0 Å². The maximum Gasteiger partial charge on any atom is 0.246 e. The fourth-order valence-corrected chi connectivity index (χ4v) is 1.28. The van der Waals surface area contributed by atoms with Crippen LogP contribution in [0.4, 0.5) is 0 Å². The largest absolute Gasteiger partial charge is 0.340 e. The molecule has 0 saturated heterocycles. The Bertz CT molecular complexity index is 329. The summed E-state index contributed by atoms with van der Waals surface area (Å²) in [5.74, 6) is 0.0452. The van der Waals surface area contributed by atoms with Gasteiger partial charge < -0.3 is 4.90 Å². The van der Waals surface area contributed by atoms with Crippen molar-refractivity contribution in [2.45, 2.75) is 13.8 Å². The molecule has 0 aliphatic heterocycles. The van der Waals surface area contributed by atoms with Crippen molar-refractivity contribution in [3.05, 3.63) is 36.2 Å². The Morgan fingerprint density at radius 3 is 2.73 bits per heavy atom. The molecule has 0 aliphatic rings.